The molecule has 4 rings (SSSR count). The highest BCUT2D eigenvalue weighted by Gasteiger charge is 2.61. The Morgan fingerprint density at radius 1 is 1.21 bits per heavy atom. The highest BCUT2D eigenvalue weighted by Crippen LogP contribution is 2.59. The Morgan fingerprint density at radius 2 is 2.00 bits per heavy atom. The molecule has 28 heavy (non-hydrogen) atoms. The minimum Gasteiger partial charge on any atom is -0.340 e. The molecule has 2 aliphatic rings. The summed E-state index contributed by atoms with van der Waals surface area (Å²) in [5, 5.41) is 2.99. The molecule has 6 heteroatoms. The lowest BCUT2D eigenvalue weighted by Crippen LogP contribution is -2.38. The Balaban J connectivity index is 1.28. The molecule has 1 spiro atoms. The van der Waals surface area contributed by atoms with E-state index in [0.717, 1.165) is 24.1 Å². The fourth-order valence-corrected chi connectivity index (χ4v) is 4.18. The van der Waals surface area contributed by atoms with Gasteiger partial charge in [0.05, 0.1) is 12.2 Å². The number of hydrogen-bond donors (Lipinski definition) is 1. The monoisotopic (exact) mass is 378 g/mol. The quantitative estimate of drug-likeness (QED) is 0.870. The highest BCUT2D eigenvalue weighted by atomic mass is 16.2. The van der Waals surface area contributed by atoms with Gasteiger partial charge in [0.1, 0.15) is 0 Å². The van der Waals surface area contributed by atoms with E-state index in [-0.39, 0.29) is 23.3 Å². The Morgan fingerprint density at radius 3 is 2.75 bits per heavy atom. The second-order valence-corrected chi connectivity index (χ2v) is 7.95. The summed E-state index contributed by atoms with van der Waals surface area (Å²) in [6, 6.07) is 15.6. The Kier molecular flexibility index (Phi) is 5.03. The van der Waals surface area contributed by atoms with Gasteiger partial charge in [-0.3, -0.25) is 9.78 Å². The van der Waals surface area contributed by atoms with E-state index in [1.165, 1.54) is 0 Å². The molecule has 1 saturated heterocycles. The number of nitrogens with one attached hydrogen (secondary N) is 1. The Bertz CT molecular complexity index is 842. The zero-order valence-corrected chi connectivity index (χ0v) is 16.2. The lowest BCUT2D eigenvalue weighted by atomic mass is 10.0. The number of carbonyl (C=O) groups excluding carboxylic acids is 2. The van der Waals surface area contributed by atoms with Crippen molar-refractivity contribution in [3.8, 4) is 0 Å². The van der Waals surface area contributed by atoms with Crippen LogP contribution in [0.2, 0.25) is 0 Å². The summed E-state index contributed by atoms with van der Waals surface area (Å²) in [4.78, 5) is 33.2. The van der Waals surface area contributed by atoms with E-state index in [2.05, 4.69) is 10.3 Å². The van der Waals surface area contributed by atoms with Gasteiger partial charge in [0, 0.05) is 44.2 Å². The average molecular weight is 378 g/mol. The topological polar surface area (TPSA) is 65.5 Å². The van der Waals surface area contributed by atoms with Gasteiger partial charge in [0.15, 0.2) is 0 Å². The van der Waals surface area contributed by atoms with E-state index in [4.69, 9.17) is 0 Å². The first-order chi connectivity index (χ1) is 13.6. The van der Waals surface area contributed by atoms with Crippen molar-refractivity contribution in [1.82, 2.24) is 20.1 Å². The van der Waals surface area contributed by atoms with Crippen molar-refractivity contribution >= 4 is 11.9 Å². The van der Waals surface area contributed by atoms with Crippen LogP contribution in [-0.2, 0) is 17.9 Å². The minimum atomic E-state index is -0.0410. The summed E-state index contributed by atoms with van der Waals surface area (Å²) in [6.07, 6.45) is 3.52. The number of carbonyl (C=O) groups is 2. The molecular weight excluding hydrogens is 352 g/mol. The van der Waals surface area contributed by atoms with Gasteiger partial charge in [-0.05, 0) is 30.5 Å². The highest BCUT2D eigenvalue weighted by molar-refractivity contribution is 5.83. The number of aromatic nitrogens is 1. The SMILES string of the molecule is CN(Cc1ccccn1)C(=O)[C@@H]1C[C@@]12CCN(C(=O)NCc1ccccc1)C2. The maximum atomic E-state index is 12.8. The van der Waals surface area contributed by atoms with Crippen molar-refractivity contribution in [2.75, 3.05) is 20.1 Å². The zero-order chi connectivity index (χ0) is 19.6. The number of rotatable bonds is 5. The normalized spacial score (nSPS) is 22.9. The summed E-state index contributed by atoms with van der Waals surface area (Å²) < 4.78 is 0. The summed E-state index contributed by atoms with van der Waals surface area (Å²) in [5.41, 5.74) is 1.95. The van der Waals surface area contributed by atoms with Crippen molar-refractivity contribution in [2.24, 2.45) is 11.3 Å². The van der Waals surface area contributed by atoms with Crippen LogP contribution in [0.4, 0.5) is 4.79 Å². The van der Waals surface area contributed by atoms with E-state index in [9.17, 15) is 9.59 Å². The molecule has 2 heterocycles. The standard InChI is InChI=1S/C22H26N4O2/c1-25(15-18-9-5-6-11-23-18)20(27)19-13-22(19)10-12-26(16-22)21(28)24-14-17-7-3-2-4-8-17/h2-9,11,19H,10,12-16H2,1H3,(H,24,28)/t19-,22+/m0/s1. The fourth-order valence-electron chi connectivity index (χ4n) is 4.18. The first-order valence-electron chi connectivity index (χ1n) is 9.79. The summed E-state index contributed by atoms with van der Waals surface area (Å²) in [6.45, 7) is 2.43. The molecule has 1 aromatic heterocycles. The number of nitrogens with zero attached hydrogens (tertiary/aromatic N) is 3. The third-order valence-electron chi connectivity index (χ3n) is 5.95. The molecule has 1 saturated carbocycles. The zero-order valence-electron chi connectivity index (χ0n) is 16.2. The number of amides is 3. The van der Waals surface area contributed by atoms with E-state index in [0.29, 0.717) is 26.2 Å². The molecule has 2 fully saturated rings. The van der Waals surface area contributed by atoms with Crippen LogP contribution >= 0.6 is 0 Å². The molecular formula is C22H26N4O2. The van der Waals surface area contributed by atoms with Crippen molar-refractivity contribution < 1.29 is 9.59 Å². The van der Waals surface area contributed by atoms with Crippen LogP contribution in [0.1, 0.15) is 24.1 Å². The second-order valence-electron chi connectivity index (χ2n) is 7.95. The molecule has 0 radical (unpaired) electrons. The van der Waals surface area contributed by atoms with Crippen LogP contribution < -0.4 is 5.32 Å². The van der Waals surface area contributed by atoms with Crippen molar-refractivity contribution in [3.05, 3.63) is 66.0 Å². The van der Waals surface area contributed by atoms with Crippen LogP contribution in [0.5, 0.6) is 0 Å². The van der Waals surface area contributed by atoms with E-state index in [1.54, 1.807) is 11.1 Å². The van der Waals surface area contributed by atoms with Gasteiger partial charge in [-0.1, -0.05) is 36.4 Å². The van der Waals surface area contributed by atoms with Crippen LogP contribution in [0, 0.1) is 11.3 Å². The first-order valence-corrected chi connectivity index (χ1v) is 9.79. The maximum absolute atomic E-state index is 12.8. The number of likely N-dealkylation sites (tertiary alicyclic amines) is 1. The van der Waals surface area contributed by atoms with Gasteiger partial charge in [0.2, 0.25) is 5.91 Å². The summed E-state index contributed by atoms with van der Waals surface area (Å²) >= 11 is 0. The number of benzene rings is 1. The van der Waals surface area contributed by atoms with Gasteiger partial charge < -0.3 is 15.1 Å². The number of hydrogen-bond acceptors (Lipinski definition) is 3. The van der Waals surface area contributed by atoms with Crippen molar-refractivity contribution in [2.45, 2.75) is 25.9 Å². The molecule has 0 bridgehead atoms. The third-order valence-corrected chi connectivity index (χ3v) is 5.95. The van der Waals surface area contributed by atoms with Crippen LogP contribution in [0.15, 0.2) is 54.7 Å². The lowest BCUT2D eigenvalue weighted by molar-refractivity contribution is -0.132. The summed E-state index contributed by atoms with van der Waals surface area (Å²) in [7, 11) is 1.84. The predicted octanol–water partition coefficient (Wildman–Crippen LogP) is 2.66. The van der Waals surface area contributed by atoms with Gasteiger partial charge in [0.25, 0.3) is 0 Å². The number of pyridine rings is 1. The van der Waals surface area contributed by atoms with E-state index < -0.39 is 0 Å². The van der Waals surface area contributed by atoms with Crippen LogP contribution in [-0.4, -0.2) is 46.9 Å². The molecule has 1 aliphatic carbocycles. The fraction of sp³-hybridized carbons (Fsp3) is 0.409. The molecule has 1 aromatic carbocycles. The van der Waals surface area contributed by atoms with Gasteiger partial charge in [-0.2, -0.15) is 0 Å². The smallest absolute Gasteiger partial charge is 0.317 e. The van der Waals surface area contributed by atoms with Gasteiger partial charge >= 0.3 is 6.03 Å². The molecule has 2 atom stereocenters. The van der Waals surface area contributed by atoms with Crippen LogP contribution in [0.3, 0.4) is 0 Å². The largest absolute Gasteiger partial charge is 0.340 e. The lowest BCUT2D eigenvalue weighted by Gasteiger charge is -2.20. The molecule has 0 unspecified atom stereocenters. The Hall–Kier alpha value is -2.89. The van der Waals surface area contributed by atoms with Crippen molar-refractivity contribution in [1.29, 1.82) is 0 Å². The Labute approximate surface area is 165 Å². The second kappa shape index (κ2) is 7.62. The molecule has 2 aromatic rings. The molecule has 1 N–H and O–H groups in total. The summed E-state index contributed by atoms with van der Waals surface area (Å²) in [5.74, 6) is 0.185. The van der Waals surface area contributed by atoms with Crippen molar-refractivity contribution in [3.63, 3.8) is 0 Å². The molecule has 1 aliphatic heterocycles. The minimum absolute atomic E-state index is 0.0214. The van der Waals surface area contributed by atoms with Gasteiger partial charge in [-0.15, -0.1) is 0 Å². The van der Waals surface area contributed by atoms with E-state index in [1.807, 2.05) is 60.5 Å². The average Bonchev–Trinajstić information content (AvgIpc) is 3.26. The van der Waals surface area contributed by atoms with E-state index >= 15 is 0 Å². The third kappa shape index (κ3) is 3.86. The van der Waals surface area contributed by atoms with Gasteiger partial charge in [-0.25, -0.2) is 4.79 Å². The molecule has 3 amide bonds. The molecule has 6 nitrogen and oxygen atoms in total. The first kappa shape index (κ1) is 18.5. The van der Waals surface area contributed by atoms with Crippen LogP contribution in [0.25, 0.3) is 0 Å². The molecule has 146 valence electrons. The number of urea groups is 1. The predicted molar refractivity (Wildman–Crippen MR) is 106 cm³/mol. The maximum Gasteiger partial charge on any atom is 0.317 e.